The van der Waals surface area contributed by atoms with Crippen molar-refractivity contribution in [3.05, 3.63) is 93.2 Å². The second kappa shape index (κ2) is 9.50. The number of thiocarbonyl (C=S) groups is 1. The number of benzene rings is 2. The molecule has 1 amide bonds. The van der Waals surface area contributed by atoms with Gasteiger partial charge < -0.3 is 5.32 Å². The molecule has 0 unspecified atom stereocenters. The minimum absolute atomic E-state index is 0.183. The minimum Gasteiger partial charge on any atom is -0.331 e. The number of rotatable bonds is 5. The highest BCUT2D eigenvalue weighted by atomic mass is 32.1. The van der Waals surface area contributed by atoms with Crippen LogP contribution in [-0.2, 0) is 17.8 Å². The molecular formula is C22H19N5O2S2. The molecule has 0 bridgehead atoms. The average molecular weight is 450 g/mol. The zero-order valence-electron chi connectivity index (χ0n) is 16.4. The van der Waals surface area contributed by atoms with Gasteiger partial charge in [-0.1, -0.05) is 30.3 Å². The van der Waals surface area contributed by atoms with Gasteiger partial charge in [0.25, 0.3) is 11.5 Å². The van der Waals surface area contributed by atoms with Crippen molar-refractivity contribution in [3.63, 3.8) is 0 Å². The van der Waals surface area contributed by atoms with E-state index in [4.69, 9.17) is 12.2 Å². The van der Waals surface area contributed by atoms with Crippen molar-refractivity contribution in [1.82, 2.24) is 20.4 Å². The molecule has 0 aliphatic carbocycles. The number of aromatic nitrogens is 2. The summed E-state index contributed by atoms with van der Waals surface area (Å²) in [4.78, 5) is 30.3. The molecule has 0 atom stereocenters. The van der Waals surface area contributed by atoms with E-state index in [9.17, 15) is 9.59 Å². The van der Waals surface area contributed by atoms with E-state index in [-0.39, 0.29) is 17.2 Å². The first kappa shape index (κ1) is 20.7. The summed E-state index contributed by atoms with van der Waals surface area (Å²) in [5.74, 6) is 0.116. The first-order chi connectivity index (χ1) is 15.1. The molecule has 2 heterocycles. The van der Waals surface area contributed by atoms with Crippen LogP contribution in [0.25, 0.3) is 10.9 Å². The van der Waals surface area contributed by atoms with E-state index in [0.29, 0.717) is 23.1 Å². The molecule has 0 saturated carbocycles. The second-order valence-corrected chi connectivity index (χ2v) is 7.93. The Labute approximate surface area is 187 Å². The smallest absolute Gasteiger partial charge is 0.261 e. The Morgan fingerprint density at radius 3 is 2.58 bits per heavy atom. The molecule has 2 aromatic heterocycles. The van der Waals surface area contributed by atoms with Gasteiger partial charge in [-0.3, -0.25) is 25.0 Å². The number of carbonyl (C=O) groups excluding carboxylic acids is 1. The van der Waals surface area contributed by atoms with Crippen LogP contribution in [0.1, 0.15) is 11.4 Å². The van der Waals surface area contributed by atoms with Crippen LogP contribution in [-0.4, -0.2) is 20.6 Å². The quantitative estimate of drug-likeness (QED) is 0.321. The Hall–Kier alpha value is -3.56. The van der Waals surface area contributed by atoms with Crippen molar-refractivity contribution in [2.75, 3.05) is 5.32 Å². The number of hydrazine groups is 1. The Morgan fingerprint density at radius 1 is 1.03 bits per heavy atom. The zero-order chi connectivity index (χ0) is 21.6. The van der Waals surface area contributed by atoms with Crippen LogP contribution >= 0.6 is 23.6 Å². The molecule has 4 rings (SSSR count). The summed E-state index contributed by atoms with van der Waals surface area (Å²) in [5, 5.41) is 7.64. The number of thiophene rings is 1. The van der Waals surface area contributed by atoms with Gasteiger partial charge >= 0.3 is 0 Å². The van der Waals surface area contributed by atoms with Gasteiger partial charge in [0, 0.05) is 12.1 Å². The summed E-state index contributed by atoms with van der Waals surface area (Å²) in [6.07, 6.45) is 0.457. The summed E-state index contributed by atoms with van der Waals surface area (Å²) < 4.78 is 1.41. The van der Waals surface area contributed by atoms with Gasteiger partial charge in [-0.15, -0.1) is 0 Å². The van der Waals surface area contributed by atoms with E-state index in [0.717, 1.165) is 11.3 Å². The Bertz CT molecular complexity index is 1270. The van der Waals surface area contributed by atoms with E-state index in [1.54, 1.807) is 29.5 Å². The third-order valence-corrected chi connectivity index (χ3v) is 5.47. The average Bonchev–Trinajstić information content (AvgIpc) is 3.29. The summed E-state index contributed by atoms with van der Waals surface area (Å²) in [6, 6.07) is 18.5. The normalized spacial score (nSPS) is 10.6. The van der Waals surface area contributed by atoms with E-state index in [2.05, 4.69) is 21.2 Å². The molecule has 0 radical (unpaired) electrons. The number of para-hydroxylation sites is 2. The topological polar surface area (TPSA) is 88.0 Å². The molecule has 0 aliphatic heterocycles. The fourth-order valence-electron chi connectivity index (χ4n) is 3.08. The van der Waals surface area contributed by atoms with Crippen molar-refractivity contribution < 1.29 is 4.79 Å². The van der Waals surface area contributed by atoms with Gasteiger partial charge in [-0.2, -0.15) is 11.3 Å². The molecule has 7 nitrogen and oxygen atoms in total. The largest absolute Gasteiger partial charge is 0.331 e. The predicted octanol–water partition coefficient (Wildman–Crippen LogP) is 3.07. The van der Waals surface area contributed by atoms with Crippen molar-refractivity contribution in [2.24, 2.45) is 0 Å². The van der Waals surface area contributed by atoms with E-state index < -0.39 is 5.91 Å². The van der Waals surface area contributed by atoms with Crippen molar-refractivity contribution >= 4 is 51.2 Å². The highest BCUT2D eigenvalue weighted by molar-refractivity contribution is 7.80. The van der Waals surface area contributed by atoms with Crippen LogP contribution in [0.4, 0.5) is 5.69 Å². The molecule has 3 N–H and O–H groups in total. The third kappa shape index (κ3) is 5.14. The molecular weight excluding hydrogens is 430 g/mol. The van der Waals surface area contributed by atoms with Crippen molar-refractivity contribution in [1.29, 1.82) is 0 Å². The lowest BCUT2D eigenvalue weighted by Crippen LogP contribution is -2.46. The molecule has 4 aromatic rings. The number of amides is 1. The maximum Gasteiger partial charge on any atom is 0.261 e. The van der Waals surface area contributed by atoms with E-state index in [1.165, 1.54) is 4.57 Å². The molecule has 0 saturated heterocycles. The summed E-state index contributed by atoms with van der Waals surface area (Å²) in [7, 11) is 0. The Kier molecular flexibility index (Phi) is 6.34. The lowest BCUT2D eigenvalue weighted by Gasteiger charge is -2.15. The SMILES string of the molecule is O=C(Cn1c(Cc2ccsc2)nc2ccccc2c1=O)NNC(=S)Nc1ccccc1. The number of hydrogen-bond acceptors (Lipinski definition) is 5. The highest BCUT2D eigenvalue weighted by Gasteiger charge is 2.15. The number of hydrogen-bond donors (Lipinski definition) is 3. The standard InChI is InChI=1S/C22H19N5O2S2/c28-20(25-26-22(30)23-16-6-2-1-3-7-16)13-27-19(12-15-10-11-31-14-15)24-18-9-5-4-8-17(18)21(27)29/h1-11,14H,12-13H2,(H,25,28)(H2,23,26,30). The fraction of sp³-hybridized carbons (Fsp3) is 0.0909. The monoisotopic (exact) mass is 449 g/mol. The first-order valence-electron chi connectivity index (χ1n) is 9.50. The van der Waals surface area contributed by atoms with Gasteiger partial charge in [0.2, 0.25) is 0 Å². The van der Waals surface area contributed by atoms with Crippen molar-refractivity contribution in [3.8, 4) is 0 Å². The molecule has 0 spiro atoms. The Morgan fingerprint density at radius 2 is 1.81 bits per heavy atom. The molecule has 0 aliphatic rings. The first-order valence-corrected chi connectivity index (χ1v) is 10.9. The molecule has 31 heavy (non-hydrogen) atoms. The second-order valence-electron chi connectivity index (χ2n) is 6.74. The summed E-state index contributed by atoms with van der Waals surface area (Å²) in [6.45, 7) is -0.183. The number of carbonyl (C=O) groups is 1. The molecule has 0 fully saturated rings. The maximum absolute atomic E-state index is 13.1. The van der Waals surface area contributed by atoms with Crippen molar-refractivity contribution in [2.45, 2.75) is 13.0 Å². The van der Waals surface area contributed by atoms with Crippen LogP contribution in [0.15, 0.2) is 76.2 Å². The van der Waals surface area contributed by atoms with Crippen LogP contribution in [0.3, 0.4) is 0 Å². The van der Waals surface area contributed by atoms with Crippen LogP contribution in [0, 0.1) is 0 Å². The maximum atomic E-state index is 13.1. The lowest BCUT2D eigenvalue weighted by atomic mass is 10.2. The van der Waals surface area contributed by atoms with E-state index >= 15 is 0 Å². The molecule has 9 heteroatoms. The highest BCUT2D eigenvalue weighted by Crippen LogP contribution is 2.14. The number of anilines is 1. The number of nitrogens with one attached hydrogen (secondary N) is 3. The van der Waals surface area contributed by atoms with Crippen LogP contribution in [0.5, 0.6) is 0 Å². The van der Waals surface area contributed by atoms with E-state index in [1.807, 2.05) is 53.2 Å². The fourth-order valence-corrected chi connectivity index (χ4v) is 3.92. The third-order valence-electron chi connectivity index (χ3n) is 4.53. The number of nitrogens with zero attached hydrogens (tertiary/aromatic N) is 2. The molecule has 2 aromatic carbocycles. The van der Waals surface area contributed by atoms with Gasteiger partial charge in [-0.05, 0) is 58.9 Å². The number of fused-ring (bicyclic) bond motifs is 1. The summed E-state index contributed by atoms with van der Waals surface area (Å²) >= 11 is 6.77. The van der Waals surface area contributed by atoms with Gasteiger partial charge in [0.1, 0.15) is 12.4 Å². The lowest BCUT2D eigenvalue weighted by molar-refractivity contribution is -0.122. The Balaban J connectivity index is 1.51. The predicted molar refractivity (Wildman–Crippen MR) is 127 cm³/mol. The summed E-state index contributed by atoms with van der Waals surface area (Å²) in [5.41, 5.74) is 7.38. The zero-order valence-corrected chi connectivity index (χ0v) is 18.0. The van der Waals surface area contributed by atoms with Gasteiger partial charge in [-0.25, -0.2) is 4.98 Å². The minimum atomic E-state index is -0.414. The van der Waals surface area contributed by atoms with Crippen LogP contribution < -0.4 is 21.7 Å². The van der Waals surface area contributed by atoms with Crippen LogP contribution in [0.2, 0.25) is 0 Å². The molecule has 156 valence electrons. The van der Waals surface area contributed by atoms with Gasteiger partial charge in [0.15, 0.2) is 5.11 Å². The van der Waals surface area contributed by atoms with Gasteiger partial charge in [0.05, 0.1) is 10.9 Å².